The van der Waals surface area contributed by atoms with E-state index in [4.69, 9.17) is 15.0 Å². The van der Waals surface area contributed by atoms with Crippen LogP contribution in [0.2, 0.25) is 0 Å². The quantitative estimate of drug-likeness (QED) is 0.896. The van der Waals surface area contributed by atoms with Crippen LogP contribution >= 0.6 is 15.9 Å². The van der Waals surface area contributed by atoms with Crippen molar-refractivity contribution in [3.63, 3.8) is 0 Å². The number of methoxy groups -OCH3 is 1. The lowest BCUT2D eigenvalue weighted by Crippen LogP contribution is -1.96. The van der Waals surface area contributed by atoms with E-state index in [9.17, 15) is 9.50 Å². The first-order chi connectivity index (χ1) is 8.58. The minimum Gasteiger partial charge on any atom is -0.503 e. The number of nitrogens with two attached hydrogens (primary N) is 1. The average Bonchev–Trinajstić information content (AvgIpc) is 2.82. The van der Waals surface area contributed by atoms with Crippen molar-refractivity contribution in [2.75, 3.05) is 7.11 Å². The Labute approximate surface area is 110 Å². The highest BCUT2D eigenvalue weighted by Crippen LogP contribution is 2.42. The van der Waals surface area contributed by atoms with E-state index in [1.807, 2.05) is 0 Å². The summed E-state index contributed by atoms with van der Waals surface area (Å²) in [7, 11) is 1.32. The average molecular weight is 318 g/mol. The van der Waals surface area contributed by atoms with Crippen LogP contribution in [0.3, 0.4) is 0 Å². The third-order valence-electron chi connectivity index (χ3n) is 2.24. The van der Waals surface area contributed by atoms with Crippen LogP contribution in [-0.4, -0.2) is 22.4 Å². The van der Waals surface area contributed by atoms with Crippen LogP contribution in [0.15, 0.2) is 15.1 Å². The van der Waals surface area contributed by atoms with Gasteiger partial charge in [0.25, 0.3) is 0 Å². The highest BCUT2D eigenvalue weighted by Gasteiger charge is 2.21. The van der Waals surface area contributed by atoms with Gasteiger partial charge >= 0.3 is 0 Å². The molecule has 0 saturated heterocycles. The molecule has 2 aromatic rings. The second-order valence-corrected chi connectivity index (χ2v) is 4.11. The van der Waals surface area contributed by atoms with Gasteiger partial charge in [0.05, 0.1) is 23.7 Å². The first kappa shape index (κ1) is 12.8. The number of hydrogen-bond donors (Lipinski definition) is 2. The molecule has 0 saturated carbocycles. The van der Waals surface area contributed by atoms with Gasteiger partial charge in [0, 0.05) is 6.07 Å². The van der Waals surface area contributed by atoms with Crippen molar-refractivity contribution in [1.82, 2.24) is 10.1 Å². The number of ether oxygens (including phenoxy) is 1. The van der Waals surface area contributed by atoms with Gasteiger partial charge in [-0.2, -0.15) is 4.98 Å². The van der Waals surface area contributed by atoms with E-state index in [1.54, 1.807) is 0 Å². The summed E-state index contributed by atoms with van der Waals surface area (Å²) in [6.07, 6.45) is 0. The molecule has 0 amide bonds. The van der Waals surface area contributed by atoms with Crippen LogP contribution in [0.25, 0.3) is 11.4 Å². The van der Waals surface area contributed by atoms with Crippen LogP contribution in [0.5, 0.6) is 11.5 Å². The van der Waals surface area contributed by atoms with E-state index in [0.29, 0.717) is 0 Å². The topological polar surface area (TPSA) is 94.4 Å². The summed E-state index contributed by atoms with van der Waals surface area (Å²) < 4.78 is 23.6. The summed E-state index contributed by atoms with van der Waals surface area (Å²) in [4.78, 5) is 3.89. The molecule has 1 aromatic heterocycles. The molecule has 0 aliphatic heterocycles. The fourth-order valence-corrected chi connectivity index (χ4v) is 1.95. The molecule has 0 atom stereocenters. The lowest BCUT2D eigenvalue weighted by Gasteiger charge is -2.08. The molecule has 1 aromatic carbocycles. The normalized spacial score (nSPS) is 10.7. The Morgan fingerprint density at radius 1 is 1.61 bits per heavy atom. The first-order valence-electron chi connectivity index (χ1n) is 4.86. The van der Waals surface area contributed by atoms with Gasteiger partial charge < -0.3 is 20.1 Å². The fourth-order valence-electron chi connectivity index (χ4n) is 1.39. The molecular weight excluding hydrogens is 309 g/mol. The third-order valence-corrected chi connectivity index (χ3v) is 3.02. The SMILES string of the molecule is COc1cc(F)c(-c2noc(CN)n2)c(Br)c1O. The van der Waals surface area contributed by atoms with Crippen molar-refractivity contribution < 1.29 is 18.8 Å². The Bertz CT molecular complexity index is 588. The van der Waals surface area contributed by atoms with Crippen molar-refractivity contribution in [2.24, 2.45) is 5.73 Å². The van der Waals surface area contributed by atoms with Gasteiger partial charge in [-0.05, 0) is 15.9 Å². The number of rotatable bonds is 3. The van der Waals surface area contributed by atoms with E-state index in [0.717, 1.165) is 6.07 Å². The molecular formula is C10H9BrFN3O3. The Balaban J connectivity index is 2.60. The minimum atomic E-state index is -0.652. The van der Waals surface area contributed by atoms with Crippen LogP contribution < -0.4 is 10.5 Å². The molecule has 0 radical (unpaired) electrons. The van der Waals surface area contributed by atoms with E-state index in [-0.39, 0.29) is 39.8 Å². The summed E-state index contributed by atoms with van der Waals surface area (Å²) in [5.41, 5.74) is 5.30. The number of halogens is 2. The summed E-state index contributed by atoms with van der Waals surface area (Å²) in [6.45, 7) is 0.0500. The molecule has 0 spiro atoms. The number of benzene rings is 1. The smallest absolute Gasteiger partial charge is 0.240 e. The summed E-state index contributed by atoms with van der Waals surface area (Å²) in [6, 6.07) is 1.04. The maximum absolute atomic E-state index is 13.9. The van der Waals surface area contributed by atoms with Gasteiger partial charge in [0.15, 0.2) is 11.5 Å². The number of phenolic OH excluding ortho intramolecular Hbond substituents is 1. The highest BCUT2D eigenvalue weighted by atomic mass is 79.9. The predicted molar refractivity (Wildman–Crippen MR) is 63.5 cm³/mol. The zero-order valence-corrected chi connectivity index (χ0v) is 10.9. The lowest BCUT2D eigenvalue weighted by atomic mass is 10.1. The maximum atomic E-state index is 13.9. The number of hydrogen-bond acceptors (Lipinski definition) is 6. The molecule has 6 nitrogen and oxygen atoms in total. The molecule has 0 aliphatic rings. The second-order valence-electron chi connectivity index (χ2n) is 3.31. The van der Waals surface area contributed by atoms with Crippen molar-refractivity contribution in [3.8, 4) is 22.9 Å². The maximum Gasteiger partial charge on any atom is 0.240 e. The first-order valence-corrected chi connectivity index (χ1v) is 5.65. The van der Waals surface area contributed by atoms with Crippen molar-refractivity contribution in [2.45, 2.75) is 6.54 Å². The van der Waals surface area contributed by atoms with Crippen molar-refractivity contribution in [3.05, 3.63) is 22.2 Å². The zero-order chi connectivity index (χ0) is 13.3. The van der Waals surface area contributed by atoms with E-state index in [2.05, 4.69) is 26.1 Å². The van der Waals surface area contributed by atoms with E-state index < -0.39 is 5.82 Å². The second kappa shape index (κ2) is 4.91. The van der Waals surface area contributed by atoms with Crippen molar-refractivity contribution in [1.29, 1.82) is 0 Å². The molecule has 0 aliphatic carbocycles. The Morgan fingerprint density at radius 3 is 2.89 bits per heavy atom. The molecule has 18 heavy (non-hydrogen) atoms. The van der Waals surface area contributed by atoms with Crippen LogP contribution in [0, 0.1) is 5.82 Å². The van der Waals surface area contributed by atoms with Crippen molar-refractivity contribution >= 4 is 15.9 Å². The largest absolute Gasteiger partial charge is 0.503 e. The van der Waals surface area contributed by atoms with E-state index >= 15 is 0 Å². The molecule has 96 valence electrons. The summed E-state index contributed by atoms with van der Waals surface area (Å²) in [5.74, 6) is -0.719. The number of aromatic nitrogens is 2. The standard InChI is InChI=1S/C10H9BrFN3O3/c1-17-5-2-4(12)7(8(11)9(5)16)10-14-6(3-13)18-15-10/h2,16H,3,13H2,1H3. The molecule has 0 bridgehead atoms. The molecule has 0 fully saturated rings. The van der Waals surface area contributed by atoms with Gasteiger partial charge in [-0.1, -0.05) is 5.16 Å². The van der Waals surface area contributed by atoms with Crippen LogP contribution in [0.4, 0.5) is 4.39 Å². The molecule has 8 heteroatoms. The van der Waals surface area contributed by atoms with Gasteiger partial charge in [0.1, 0.15) is 5.82 Å². The molecule has 3 N–H and O–H groups in total. The number of nitrogens with zero attached hydrogens (tertiary/aromatic N) is 2. The van der Waals surface area contributed by atoms with Gasteiger partial charge in [-0.15, -0.1) is 0 Å². The summed E-state index contributed by atoms with van der Waals surface area (Å²) in [5, 5.41) is 13.4. The fraction of sp³-hybridized carbons (Fsp3) is 0.200. The zero-order valence-electron chi connectivity index (χ0n) is 9.28. The van der Waals surface area contributed by atoms with Gasteiger partial charge in [-0.3, -0.25) is 0 Å². The third kappa shape index (κ3) is 2.04. The predicted octanol–water partition coefficient (Wildman–Crippen LogP) is 1.81. The van der Waals surface area contributed by atoms with Crippen LogP contribution in [0.1, 0.15) is 5.89 Å². The lowest BCUT2D eigenvalue weighted by molar-refractivity contribution is 0.368. The van der Waals surface area contributed by atoms with Gasteiger partial charge in [-0.25, -0.2) is 4.39 Å². The summed E-state index contributed by atoms with van der Waals surface area (Å²) >= 11 is 3.07. The van der Waals surface area contributed by atoms with Crippen LogP contribution in [-0.2, 0) is 6.54 Å². The number of phenols is 1. The minimum absolute atomic E-state index is 0.00206. The Kier molecular flexibility index (Phi) is 3.48. The number of aromatic hydroxyl groups is 1. The Hall–Kier alpha value is -1.67. The van der Waals surface area contributed by atoms with Gasteiger partial charge in [0.2, 0.25) is 11.7 Å². The monoisotopic (exact) mass is 317 g/mol. The Morgan fingerprint density at radius 2 is 2.33 bits per heavy atom. The molecule has 0 unspecified atom stereocenters. The highest BCUT2D eigenvalue weighted by molar-refractivity contribution is 9.10. The van der Waals surface area contributed by atoms with E-state index in [1.165, 1.54) is 7.11 Å². The molecule has 2 rings (SSSR count). The molecule has 1 heterocycles.